The smallest absolute Gasteiger partial charge is 0.307 e. The van der Waals surface area contributed by atoms with E-state index in [9.17, 15) is 18.0 Å². The van der Waals surface area contributed by atoms with Gasteiger partial charge in [-0.3, -0.25) is 9.59 Å². The van der Waals surface area contributed by atoms with Crippen LogP contribution in [0.3, 0.4) is 0 Å². The molecule has 1 aliphatic carbocycles. The van der Waals surface area contributed by atoms with Crippen LogP contribution in [-0.4, -0.2) is 60.8 Å². The maximum atomic E-state index is 12.8. The highest BCUT2D eigenvalue weighted by molar-refractivity contribution is 7.89. The first kappa shape index (κ1) is 18.8. The van der Waals surface area contributed by atoms with E-state index in [2.05, 4.69) is 13.8 Å². The molecule has 1 aromatic carbocycles. The Morgan fingerprint density at radius 3 is 2.08 bits per heavy atom. The summed E-state index contributed by atoms with van der Waals surface area (Å²) < 4.78 is 26.9. The number of sulfonamides is 1. The van der Waals surface area contributed by atoms with E-state index in [1.807, 2.05) is 12.1 Å². The molecule has 1 N–H and O–H groups in total. The highest BCUT2D eigenvalue weighted by atomic mass is 32.2. The van der Waals surface area contributed by atoms with Crippen molar-refractivity contribution in [2.45, 2.75) is 31.1 Å². The Kier molecular flexibility index (Phi) is 5.07. The standard InChI is InChI=1S/C18H24N2O5S/c1-12(2)13-3-5-14(6-4-13)26(24,25)20-9-7-19(8-10-20)17(21)15-11-16(15)18(22)23/h3-6,12,15-16H,7-11H2,1-2H3,(H,22,23). The Morgan fingerprint density at radius 1 is 1.04 bits per heavy atom. The molecule has 1 amide bonds. The molecule has 1 heterocycles. The summed E-state index contributed by atoms with van der Waals surface area (Å²) in [5, 5.41) is 8.94. The third-order valence-corrected chi connectivity index (χ3v) is 7.07. The highest BCUT2D eigenvalue weighted by Crippen LogP contribution is 2.40. The first-order valence-electron chi connectivity index (χ1n) is 8.83. The molecule has 0 aromatic heterocycles. The summed E-state index contributed by atoms with van der Waals surface area (Å²) in [6, 6.07) is 6.92. The molecule has 1 saturated heterocycles. The predicted molar refractivity (Wildman–Crippen MR) is 95.1 cm³/mol. The van der Waals surface area contributed by atoms with Gasteiger partial charge in [-0.25, -0.2) is 8.42 Å². The molecule has 7 nitrogen and oxygen atoms in total. The molecule has 3 rings (SSSR count). The highest BCUT2D eigenvalue weighted by Gasteiger charge is 2.50. The maximum Gasteiger partial charge on any atom is 0.307 e. The van der Waals surface area contributed by atoms with Gasteiger partial charge in [0.1, 0.15) is 0 Å². The Bertz CT molecular complexity index is 795. The van der Waals surface area contributed by atoms with Gasteiger partial charge in [-0.1, -0.05) is 26.0 Å². The normalized spacial score (nSPS) is 23.9. The molecule has 1 aromatic rings. The minimum Gasteiger partial charge on any atom is -0.481 e. The second-order valence-corrected chi connectivity index (χ2v) is 9.18. The predicted octanol–water partition coefficient (Wildman–Crippen LogP) is 1.36. The van der Waals surface area contributed by atoms with E-state index < -0.39 is 27.8 Å². The van der Waals surface area contributed by atoms with Gasteiger partial charge < -0.3 is 10.0 Å². The first-order valence-corrected chi connectivity index (χ1v) is 10.3. The second-order valence-electron chi connectivity index (χ2n) is 7.24. The van der Waals surface area contributed by atoms with Crippen LogP contribution in [0.4, 0.5) is 0 Å². The molecule has 142 valence electrons. The van der Waals surface area contributed by atoms with E-state index in [1.165, 1.54) is 4.31 Å². The van der Waals surface area contributed by atoms with Gasteiger partial charge in [0, 0.05) is 26.2 Å². The lowest BCUT2D eigenvalue weighted by atomic mass is 10.0. The van der Waals surface area contributed by atoms with Gasteiger partial charge in [0.25, 0.3) is 0 Å². The van der Waals surface area contributed by atoms with Gasteiger partial charge >= 0.3 is 5.97 Å². The maximum absolute atomic E-state index is 12.8. The number of benzene rings is 1. The quantitative estimate of drug-likeness (QED) is 0.832. The van der Waals surface area contributed by atoms with E-state index in [1.54, 1.807) is 17.0 Å². The number of carbonyl (C=O) groups excluding carboxylic acids is 1. The topological polar surface area (TPSA) is 95.0 Å². The molecule has 2 atom stereocenters. The average Bonchev–Trinajstić information content (AvgIpc) is 3.42. The van der Waals surface area contributed by atoms with Crippen LogP contribution in [0.2, 0.25) is 0 Å². The van der Waals surface area contributed by atoms with Gasteiger partial charge in [-0.2, -0.15) is 4.31 Å². The van der Waals surface area contributed by atoms with Crippen molar-refractivity contribution in [3.8, 4) is 0 Å². The number of aliphatic carboxylic acids is 1. The largest absolute Gasteiger partial charge is 0.481 e. The second kappa shape index (κ2) is 7.00. The minimum atomic E-state index is -3.58. The van der Waals surface area contributed by atoms with E-state index in [-0.39, 0.29) is 23.9 Å². The Hall–Kier alpha value is -1.93. The Morgan fingerprint density at radius 2 is 1.62 bits per heavy atom. The average molecular weight is 380 g/mol. The van der Waals surface area contributed by atoms with Crippen LogP contribution < -0.4 is 0 Å². The van der Waals surface area contributed by atoms with Crippen LogP contribution in [0.1, 0.15) is 31.7 Å². The molecule has 2 aliphatic rings. The van der Waals surface area contributed by atoms with Crippen LogP contribution in [0.15, 0.2) is 29.2 Å². The van der Waals surface area contributed by atoms with Gasteiger partial charge in [0.05, 0.1) is 16.7 Å². The molecule has 8 heteroatoms. The van der Waals surface area contributed by atoms with E-state index in [0.717, 1.165) is 5.56 Å². The van der Waals surface area contributed by atoms with Crippen LogP contribution in [-0.2, 0) is 19.6 Å². The monoisotopic (exact) mass is 380 g/mol. The molecule has 2 fully saturated rings. The number of nitrogens with zero attached hydrogens (tertiary/aromatic N) is 2. The number of hydrogen-bond donors (Lipinski definition) is 1. The zero-order valence-electron chi connectivity index (χ0n) is 15.0. The summed E-state index contributed by atoms with van der Waals surface area (Å²) in [4.78, 5) is 25.0. The SMILES string of the molecule is CC(C)c1ccc(S(=O)(=O)N2CCN(C(=O)C3CC3C(=O)O)CC2)cc1. The number of carboxylic acid groups (broad SMARTS) is 1. The van der Waals surface area contributed by atoms with Crippen molar-refractivity contribution in [2.24, 2.45) is 11.8 Å². The van der Waals surface area contributed by atoms with Gasteiger partial charge in [0.2, 0.25) is 15.9 Å². The zero-order valence-corrected chi connectivity index (χ0v) is 15.8. The van der Waals surface area contributed by atoms with Crippen LogP contribution in [0, 0.1) is 11.8 Å². The number of carbonyl (C=O) groups is 2. The molecule has 0 spiro atoms. The molecular weight excluding hydrogens is 356 g/mol. The minimum absolute atomic E-state index is 0.171. The number of piperazine rings is 1. The lowest BCUT2D eigenvalue weighted by Gasteiger charge is -2.34. The number of rotatable bonds is 5. The third kappa shape index (κ3) is 3.61. The van der Waals surface area contributed by atoms with Crippen LogP contribution >= 0.6 is 0 Å². The first-order chi connectivity index (χ1) is 12.2. The summed E-state index contributed by atoms with van der Waals surface area (Å²) in [6.45, 7) is 5.15. The zero-order chi connectivity index (χ0) is 19.1. The molecule has 2 unspecified atom stereocenters. The van der Waals surface area contributed by atoms with Crippen molar-refractivity contribution < 1.29 is 23.1 Å². The molecular formula is C18H24N2O5S. The summed E-state index contributed by atoms with van der Waals surface area (Å²) in [5.74, 6) is -1.80. The van der Waals surface area contributed by atoms with E-state index >= 15 is 0 Å². The molecule has 0 radical (unpaired) electrons. The van der Waals surface area contributed by atoms with Crippen molar-refractivity contribution in [2.75, 3.05) is 26.2 Å². The fourth-order valence-electron chi connectivity index (χ4n) is 3.30. The fourth-order valence-corrected chi connectivity index (χ4v) is 4.72. The summed E-state index contributed by atoms with van der Waals surface area (Å²) in [6.07, 6.45) is 0.384. The van der Waals surface area contributed by atoms with Crippen LogP contribution in [0.5, 0.6) is 0 Å². The lowest BCUT2D eigenvalue weighted by Crippen LogP contribution is -2.51. The van der Waals surface area contributed by atoms with Crippen molar-refractivity contribution in [1.29, 1.82) is 0 Å². The molecule has 1 saturated carbocycles. The number of amides is 1. The van der Waals surface area contributed by atoms with E-state index in [4.69, 9.17) is 5.11 Å². The van der Waals surface area contributed by atoms with E-state index in [0.29, 0.717) is 25.4 Å². The summed E-state index contributed by atoms with van der Waals surface area (Å²) in [5.41, 5.74) is 1.08. The Balaban J connectivity index is 1.62. The molecule has 26 heavy (non-hydrogen) atoms. The van der Waals surface area contributed by atoms with Crippen molar-refractivity contribution in [3.63, 3.8) is 0 Å². The summed E-state index contributed by atoms with van der Waals surface area (Å²) >= 11 is 0. The lowest BCUT2D eigenvalue weighted by molar-refractivity contribution is -0.142. The fraction of sp³-hybridized carbons (Fsp3) is 0.556. The molecule has 1 aliphatic heterocycles. The molecule has 0 bridgehead atoms. The summed E-state index contributed by atoms with van der Waals surface area (Å²) in [7, 11) is -3.58. The van der Waals surface area contributed by atoms with Gasteiger partial charge in [-0.15, -0.1) is 0 Å². The van der Waals surface area contributed by atoms with Crippen LogP contribution in [0.25, 0.3) is 0 Å². The van der Waals surface area contributed by atoms with Crippen molar-refractivity contribution in [1.82, 2.24) is 9.21 Å². The van der Waals surface area contributed by atoms with Gasteiger partial charge in [0.15, 0.2) is 0 Å². The van der Waals surface area contributed by atoms with Gasteiger partial charge in [-0.05, 0) is 30.0 Å². The number of carboxylic acids is 1. The Labute approximate surface area is 153 Å². The van der Waals surface area contributed by atoms with Crippen molar-refractivity contribution >= 4 is 21.9 Å². The van der Waals surface area contributed by atoms with Crippen molar-refractivity contribution in [3.05, 3.63) is 29.8 Å². The number of hydrogen-bond acceptors (Lipinski definition) is 4. The third-order valence-electron chi connectivity index (χ3n) is 5.16.